The first-order valence-corrected chi connectivity index (χ1v) is 24.7. The minimum atomic E-state index is -0.596. The molecule has 80 heavy (non-hydrogen) atoms. The second-order valence-electron chi connectivity index (χ2n) is 17.5. The van der Waals surface area contributed by atoms with E-state index in [1.807, 2.05) is 103 Å². The summed E-state index contributed by atoms with van der Waals surface area (Å²) < 4.78 is 26.5. The maximum absolute atomic E-state index is 13.2. The summed E-state index contributed by atoms with van der Waals surface area (Å²) in [5, 5.41) is 3.28. The van der Waals surface area contributed by atoms with Gasteiger partial charge in [0.1, 0.15) is 5.75 Å². The molecule has 9 nitrogen and oxygen atoms in total. The van der Waals surface area contributed by atoms with Gasteiger partial charge in [0.05, 0.1) is 57.8 Å². The minimum absolute atomic E-state index is 0.211. The second-order valence-corrected chi connectivity index (χ2v) is 17.5. The predicted octanol–water partition coefficient (Wildman–Crippen LogP) is 11.5. The molecule has 0 aliphatic rings. The smallest absolute Gasteiger partial charge is 0.339 e. The zero-order valence-electron chi connectivity index (χ0n) is 43.9. The zero-order chi connectivity index (χ0) is 56.0. The summed E-state index contributed by atoms with van der Waals surface area (Å²) >= 11 is 0. The molecular formula is C71H44O9. The van der Waals surface area contributed by atoms with Gasteiger partial charge in [0.2, 0.25) is 0 Å². The van der Waals surface area contributed by atoms with Crippen LogP contribution < -0.4 is 4.74 Å². The Kier molecular flexibility index (Phi) is 16.6. The second kappa shape index (κ2) is 24.9. The van der Waals surface area contributed by atoms with Crippen molar-refractivity contribution >= 4 is 45.4 Å². The highest BCUT2D eigenvalue weighted by Gasteiger charge is 2.17. The quantitative estimate of drug-likeness (QED) is 0.0719. The molecule has 0 atom stereocenters. The molecule has 0 spiro atoms. The van der Waals surface area contributed by atoms with Crippen molar-refractivity contribution in [2.45, 2.75) is 0 Å². The molecule has 0 N–H and O–H groups in total. The van der Waals surface area contributed by atoms with E-state index in [0.717, 1.165) is 32.7 Å². The van der Waals surface area contributed by atoms with Crippen LogP contribution in [0.5, 0.6) is 5.75 Å². The van der Waals surface area contributed by atoms with Crippen molar-refractivity contribution in [3.05, 3.63) is 265 Å². The van der Waals surface area contributed by atoms with Crippen LogP contribution in [0.1, 0.15) is 108 Å². The van der Waals surface area contributed by atoms with Crippen LogP contribution in [0.25, 0.3) is 21.5 Å². The van der Waals surface area contributed by atoms with Crippen molar-refractivity contribution in [2.75, 3.05) is 35.5 Å². The van der Waals surface area contributed by atoms with Crippen molar-refractivity contribution in [2.24, 2.45) is 0 Å². The van der Waals surface area contributed by atoms with Gasteiger partial charge < -0.3 is 23.7 Å². The topological polar surface area (TPSA) is 114 Å². The lowest BCUT2D eigenvalue weighted by molar-refractivity contribution is 0.0591. The van der Waals surface area contributed by atoms with Crippen molar-refractivity contribution in [1.82, 2.24) is 0 Å². The third kappa shape index (κ3) is 12.3. The number of benzene rings is 9. The Labute approximate surface area is 463 Å². The molecular weight excluding hydrogens is 997 g/mol. The Morgan fingerprint density at radius 2 is 0.550 bits per heavy atom. The van der Waals surface area contributed by atoms with E-state index in [1.165, 1.54) is 28.4 Å². The molecule has 0 fully saturated rings. The van der Waals surface area contributed by atoms with Crippen molar-refractivity contribution in [3.63, 3.8) is 0 Å². The maximum atomic E-state index is 13.2. The molecule has 0 radical (unpaired) electrons. The number of hydrogen-bond acceptors (Lipinski definition) is 9. The van der Waals surface area contributed by atoms with E-state index in [-0.39, 0.29) is 22.3 Å². The van der Waals surface area contributed by atoms with E-state index in [4.69, 9.17) is 23.7 Å². The first-order valence-electron chi connectivity index (χ1n) is 24.7. The Hall–Kier alpha value is -11.5. The molecule has 0 aliphatic heterocycles. The SMILES string of the molecule is COC(=O)c1cc(C#Cc2ccc(C#Cc3cccc4c(OC)c5cccc(C#Cc6ccc(C#Cc7ccc(C#Cc8ccccc8)c(C(=O)OC)c7)c(C(=O)OC)c6)c5cc34)cc2C(=O)OC)ccc1C#Cc1ccccc1. The number of carbonyl (C=O) groups is 4. The van der Waals surface area contributed by atoms with E-state index >= 15 is 0 Å². The molecule has 0 bridgehead atoms. The van der Waals surface area contributed by atoms with E-state index in [2.05, 4.69) is 71.0 Å². The molecule has 0 heterocycles. The van der Waals surface area contributed by atoms with E-state index in [0.29, 0.717) is 61.4 Å². The third-order valence-electron chi connectivity index (χ3n) is 12.5. The normalized spacial score (nSPS) is 9.91. The summed E-state index contributed by atoms with van der Waals surface area (Å²) in [5.41, 5.74) is 7.80. The zero-order valence-corrected chi connectivity index (χ0v) is 43.9. The summed E-state index contributed by atoms with van der Waals surface area (Å²) in [6.45, 7) is 0. The number of carbonyl (C=O) groups excluding carboxylic acids is 4. The molecule has 0 amide bonds. The Morgan fingerprint density at radius 3 is 0.838 bits per heavy atom. The van der Waals surface area contributed by atoms with Gasteiger partial charge in [0.25, 0.3) is 0 Å². The molecule has 0 saturated carbocycles. The molecule has 9 heteroatoms. The molecule has 0 saturated heterocycles. The van der Waals surface area contributed by atoms with Crippen LogP contribution in [-0.4, -0.2) is 59.4 Å². The van der Waals surface area contributed by atoms with Gasteiger partial charge in [-0.3, -0.25) is 0 Å². The van der Waals surface area contributed by atoms with Crippen LogP contribution in [0, 0.1) is 71.0 Å². The fourth-order valence-electron chi connectivity index (χ4n) is 8.48. The largest absolute Gasteiger partial charge is 0.495 e. The molecule has 9 rings (SSSR count). The van der Waals surface area contributed by atoms with Gasteiger partial charge in [-0.05, 0) is 115 Å². The van der Waals surface area contributed by atoms with Gasteiger partial charge in [0, 0.05) is 88.3 Å². The molecule has 9 aromatic carbocycles. The van der Waals surface area contributed by atoms with E-state index in [9.17, 15) is 19.2 Å². The van der Waals surface area contributed by atoms with E-state index in [1.54, 1.807) is 79.9 Å². The lowest BCUT2D eigenvalue weighted by Gasteiger charge is -2.12. The first kappa shape index (κ1) is 53.4. The first-order chi connectivity index (χ1) is 39.1. The van der Waals surface area contributed by atoms with Crippen molar-refractivity contribution in [3.8, 4) is 76.8 Å². The van der Waals surface area contributed by atoms with Gasteiger partial charge in [-0.2, -0.15) is 0 Å². The van der Waals surface area contributed by atoms with Gasteiger partial charge in [-0.15, -0.1) is 0 Å². The Balaban J connectivity index is 1.02. The Morgan fingerprint density at radius 1 is 0.263 bits per heavy atom. The highest BCUT2D eigenvalue weighted by Crippen LogP contribution is 2.37. The summed E-state index contributed by atoms with van der Waals surface area (Å²) in [6, 6.07) is 52.8. The number of fused-ring (bicyclic) bond motifs is 2. The summed E-state index contributed by atoms with van der Waals surface area (Å²) in [7, 11) is 6.82. The van der Waals surface area contributed by atoms with E-state index < -0.39 is 23.9 Å². The lowest BCUT2D eigenvalue weighted by atomic mass is 9.95. The third-order valence-corrected chi connectivity index (χ3v) is 12.5. The molecule has 0 aromatic heterocycles. The molecule has 382 valence electrons. The van der Waals surface area contributed by atoms with Crippen LogP contribution in [-0.2, 0) is 18.9 Å². The summed E-state index contributed by atoms with van der Waals surface area (Å²) in [5.74, 6) is 36.0. The highest BCUT2D eigenvalue weighted by atomic mass is 16.5. The lowest BCUT2D eigenvalue weighted by Crippen LogP contribution is -2.05. The molecule has 0 unspecified atom stereocenters. The van der Waals surface area contributed by atoms with Gasteiger partial charge in [0.15, 0.2) is 0 Å². The summed E-state index contributed by atoms with van der Waals surface area (Å²) in [4.78, 5) is 52.0. The van der Waals surface area contributed by atoms with Crippen LogP contribution >= 0.6 is 0 Å². The number of esters is 4. The monoisotopic (exact) mass is 1040 g/mol. The average molecular weight is 1040 g/mol. The highest BCUT2D eigenvalue weighted by molar-refractivity contribution is 6.09. The number of hydrogen-bond donors (Lipinski definition) is 0. The van der Waals surface area contributed by atoms with Crippen LogP contribution in [0.4, 0.5) is 0 Å². The average Bonchev–Trinajstić information content (AvgIpc) is 3.52. The summed E-state index contributed by atoms with van der Waals surface area (Å²) in [6.07, 6.45) is 0. The maximum Gasteiger partial charge on any atom is 0.339 e. The fourth-order valence-corrected chi connectivity index (χ4v) is 8.48. The van der Waals surface area contributed by atoms with Crippen molar-refractivity contribution < 1.29 is 42.9 Å². The number of methoxy groups -OCH3 is 5. The number of rotatable bonds is 5. The van der Waals surface area contributed by atoms with Gasteiger partial charge in [-0.25, -0.2) is 19.2 Å². The van der Waals surface area contributed by atoms with Crippen LogP contribution in [0.15, 0.2) is 176 Å². The van der Waals surface area contributed by atoms with Crippen LogP contribution in [0.3, 0.4) is 0 Å². The fraction of sp³-hybridized carbons (Fsp3) is 0.0704. The van der Waals surface area contributed by atoms with Crippen molar-refractivity contribution in [1.29, 1.82) is 0 Å². The molecule has 9 aromatic rings. The van der Waals surface area contributed by atoms with Gasteiger partial charge >= 0.3 is 23.9 Å². The van der Waals surface area contributed by atoms with Crippen LogP contribution in [0.2, 0.25) is 0 Å². The standard InChI is InChI=1S/C71H44O9/c1-76-67-59-20-12-18-53(34-24-49-28-38-57(65(42-49)70(74)79-4)40-30-51-26-36-55(63(44-51)68(72)77-2)32-22-47-14-8-6-9-15-47)61(59)46-62-54(19-13-21-60(62)67)35-25-50-29-39-58(66(43-50)71(75)80-5)41-31-52-27-37-56(64(45-52)69(73)78-3)33-23-48-16-10-7-11-17-48/h6-21,26-29,36-39,42-46H,1-5H3. The Bertz CT molecular complexity index is 4110. The minimum Gasteiger partial charge on any atom is -0.495 e. The van der Waals surface area contributed by atoms with Gasteiger partial charge in [-0.1, -0.05) is 132 Å². The number of ether oxygens (including phenoxy) is 5. The predicted molar refractivity (Wildman–Crippen MR) is 308 cm³/mol. The molecule has 0 aliphatic carbocycles.